The first-order valence-corrected chi connectivity index (χ1v) is 51.7. The fraction of sp³-hybridized carbons (Fsp3) is 0.246. The zero-order valence-corrected chi connectivity index (χ0v) is 86.6. The van der Waals surface area contributed by atoms with Crippen LogP contribution in [0.25, 0.3) is 65.4 Å². The Morgan fingerprint density at radius 1 is 0.329 bits per heavy atom. The maximum absolute atomic E-state index is 13.5. The lowest BCUT2D eigenvalue weighted by Crippen LogP contribution is -2.42. The number of aromatic amines is 6. The number of halogens is 11. The summed E-state index contributed by atoms with van der Waals surface area (Å²) < 4.78 is 78.3. The SMILES string of the molecule is COCCOCC(=O)N1CCc2c([nH]c3ccc(Br)cc23)C1c1ccc(C)cc1.COCCOCC(=O)N1CCc2c([nH]c3ccc(Br)cc23)C1c1cccc(Cl)c1.Cc1ccc(C2NCCc3c2[nH]c2ccc(F)cc32)cc1.Fc1ccc2[nH]c3c(c2c1)CCNC3c1ccc(Br)cc1.Fc1ccc2[nH]c3c(c2c1)CCNC3c1ccc(Cl)cc1.Fc1ccc2[nH]c3c(c2c1)CCNC3c1ccc(Cl)cc1Cl. The van der Waals surface area contributed by atoms with Gasteiger partial charge in [0.15, 0.2) is 0 Å². The molecule has 0 spiro atoms. The number of nitrogens with one attached hydrogen (secondary N) is 10. The second-order valence-corrected chi connectivity index (χ2v) is 41.0. The Bertz CT molecular complexity index is 7330. The van der Waals surface area contributed by atoms with Gasteiger partial charge >= 0.3 is 0 Å². The molecule has 29 heteroatoms. The molecule has 0 bridgehead atoms. The molecule has 6 aliphatic rings. The van der Waals surface area contributed by atoms with Crippen LogP contribution in [0.5, 0.6) is 0 Å². The van der Waals surface area contributed by atoms with Crippen molar-refractivity contribution in [3.8, 4) is 0 Å². The van der Waals surface area contributed by atoms with E-state index in [1.807, 2.05) is 113 Å². The number of aryl methyl sites for hydroxylation is 2. The molecule has 10 N–H and O–H groups in total. The van der Waals surface area contributed by atoms with Crippen LogP contribution in [0.3, 0.4) is 0 Å². The molecule has 12 aromatic carbocycles. The molecular weight excluding hydrogens is 2090 g/mol. The number of nitrogens with zero attached hydrogens (tertiary/aromatic N) is 2. The smallest absolute Gasteiger partial charge is 0.249 e. The predicted molar refractivity (Wildman–Crippen MR) is 575 cm³/mol. The summed E-state index contributed by atoms with van der Waals surface area (Å²) in [7, 11) is 3.24. The highest BCUT2D eigenvalue weighted by atomic mass is 79.9. The van der Waals surface area contributed by atoms with Gasteiger partial charge in [0.2, 0.25) is 11.8 Å². The third kappa shape index (κ3) is 22.3. The number of H-pyrrole nitrogens is 6. The van der Waals surface area contributed by atoms with E-state index < -0.39 is 0 Å². The van der Waals surface area contributed by atoms with E-state index in [1.54, 1.807) is 50.6 Å². The number of benzene rings is 12. The Hall–Kier alpha value is -11.2. The van der Waals surface area contributed by atoms with Gasteiger partial charge in [-0.2, -0.15) is 0 Å². The zero-order chi connectivity index (χ0) is 99.2. The quantitative estimate of drug-likeness (QED) is 0.0326. The molecule has 0 saturated heterocycles. The number of aromatic nitrogens is 6. The summed E-state index contributed by atoms with van der Waals surface area (Å²) in [5.41, 5.74) is 29.3. The molecule has 0 radical (unpaired) electrons. The predicted octanol–water partition coefficient (Wildman–Crippen LogP) is 26.3. The van der Waals surface area contributed by atoms with Gasteiger partial charge in [0.1, 0.15) is 36.5 Å². The lowest BCUT2D eigenvalue weighted by molar-refractivity contribution is -0.139. The standard InChI is InChI=1S/C23H25BrN2O3.C22H22BrClN2O3.C18H17FN2.C17H14BrFN2.C17H13Cl2FN2.C17H14ClFN2/c1-15-3-5-16(6-4-15)23-22-18(19-13-17(24)7-8-20(19)25-22)9-10-26(23)21(27)14-29-12-11-28-2;1-28-9-10-29-13-20(27)26-8-7-17-18-12-15(23)5-6-19(18)25-21(17)22(26)14-3-2-4-16(24)11-14;1-11-2-4-12(5-3-11)17-18-14(8-9-20-17)15-10-13(19)6-7-16(15)21-18;18-11-3-1-10(2-4-11)16-17-13(7-8-20-16)14-9-12(19)5-6-15(14)21-17;18-9-1-3-12(14(19)7-9)16-17-11(5-6-21-16)13-8-10(20)2-4-15(13)22-17;18-11-3-1-10(2-4-11)16-17-13(7-8-20-16)14-9-12(19)5-6-15(14)21-17/h3-8,13,23,25H,9-12,14H2,1-2H3;2-6,11-12,22,25H,7-10,13H2,1H3;2-7,10,17,20-21H,8-9H2,1H3;1-6,9,16,20-21H,7-8H2;1-4,7-8,16,21-22H,5-6H2;1-6,9,16,20-21H,7-8H2. The zero-order valence-electron chi connectivity index (χ0n) is 78.9. The van der Waals surface area contributed by atoms with E-state index >= 15 is 0 Å². The van der Waals surface area contributed by atoms with Crippen molar-refractivity contribution in [1.82, 2.24) is 61.0 Å². The van der Waals surface area contributed by atoms with Gasteiger partial charge in [0.05, 0.1) is 62.7 Å². The van der Waals surface area contributed by atoms with Gasteiger partial charge < -0.3 is 79.9 Å². The molecule has 143 heavy (non-hydrogen) atoms. The second-order valence-electron chi connectivity index (χ2n) is 36.5. The van der Waals surface area contributed by atoms with E-state index in [2.05, 4.69) is 198 Å². The van der Waals surface area contributed by atoms with Crippen LogP contribution in [0.4, 0.5) is 17.6 Å². The third-order valence-corrected chi connectivity index (χ3v) is 30.0. The molecule has 734 valence electrons. The van der Waals surface area contributed by atoms with Gasteiger partial charge in [-0.15, -0.1) is 0 Å². The van der Waals surface area contributed by atoms with E-state index in [0.717, 1.165) is 194 Å². The van der Waals surface area contributed by atoms with Crippen molar-refractivity contribution in [2.45, 2.75) is 88.6 Å². The maximum atomic E-state index is 13.5. The lowest BCUT2D eigenvalue weighted by Gasteiger charge is -2.36. The van der Waals surface area contributed by atoms with Crippen molar-refractivity contribution in [3.05, 3.63) is 418 Å². The number of rotatable bonds is 16. The average molecular weight is 2200 g/mol. The van der Waals surface area contributed by atoms with Crippen LogP contribution in [-0.2, 0) is 67.1 Å². The Morgan fingerprint density at radius 2 is 0.650 bits per heavy atom. The van der Waals surface area contributed by atoms with Gasteiger partial charge in [-0.05, 0) is 277 Å². The normalized spacial score (nSPS) is 17.2. The van der Waals surface area contributed by atoms with Crippen LogP contribution in [0.1, 0.15) is 148 Å². The number of hydrogen-bond acceptors (Lipinski definition) is 10. The number of methoxy groups -OCH3 is 2. The molecule has 18 nitrogen and oxygen atoms in total. The van der Waals surface area contributed by atoms with Crippen LogP contribution < -0.4 is 21.3 Å². The van der Waals surface area contributed by atoms with E-state index in [4.69, 9.17) is 65.4 Å². The van der Waals surface area contributed by atoms with Crippen molar-refractivity contribution in [1.29, 1.82) is 0 Å². The van der Waals surface area contributed by atoms with Crippen molar-refractivity contribution in [2.75, 3.05) is 93.1 Å². The van der Waals surface area contributed by atoms with Gasteiger partial charge in [-0.3, -0.25) is 9.59 Å². The Kier molecular flexibility index (Phi) is 31.8. The fourth-order valence-electron chi connectivity index (χ4n) is 20.7. The van der Waals surface area contributed by atoms with Gasteiger partial charge in [-0.1, -0.05) is 196 Å². The Morgan fingerprint density at radius 3 is 1.04 bits per heavy atom. The molecule has 24 rings (SSSR count). The minimum Gasteiger partial charge on any atom is -0.382 e. The monoisotopic (exact) mass is 2190 g/mol. The summed E-state index contributed by atoms with van der Waals surface area (Å²) in [4.78, 5) is 50.8. The molecule has 6 aromatic heterocycles. The first kappa shape index (κ1) is 101. The topological polar surface area (TPSA) is 220 Å². The van der Waals surface area contributed by atoms with Crippen LogP contribution in [-0.4, -0.2) is 145 Å². The summed E-state index contributed by atoms with van der Waals surface area (Å²) in [5.74, 6) is -0.800. The highest BCUT2D eigenvalue weighted by Crippen LogP contribution is 2.46. The molecule has 18 aromatic rings. The van der Waals surface area contributed by atoms with E-state index in [9.17, 15) is 27.2 Å². The average Bonchev–Trinajstić information content (AvgIpc) is 1.59. The summed E-state index contributed by atoms with van der Waals surface area (Å²) in [5, 5.41) is 23.1. The lowest BCUT2D eigenvalue weighted by atomic mass is 9.92. The number of ether oxygens (including phenoxy) is 4. The maximum Gasteiger partial charge on any atom is 0.249 e. The number of fused-ring (bicyclic) bond motifs is 18. The van der Waals surface area contributed by atoms with Crippen LogP contribution >= 0.6 is 94.2 Å². The molecule has 0 aliphatic carbocycles. The molecular formula is C114H105Br3Cl4F4N12O6. The van der Waals surface area contributed by atoms with Crippen LogP contribution in [0, 0.1) is 37.1 Å². The van der Waals surface area contributed by atoms with Gasteiger partial charge in [-0.25, -0.2) is 17.6 Å². The van der Waals surface area contributed by atoms with Crippen LogP contribution in [0.2, 0.25) is 20.1 Å². The van der Waals surface area contributed by atoms with Crippen molar-refractivity contribution >= 4 is 171 Å². The number of hydrogen-bond donors (Lipinski definition) is 10. The minimum absolute atomic E-state index is 0.00263. The first-order chi connectivity index (χ1) is 69.5. The first-order valence-electron chi connectivity index (χ1n) is 47.8. The Balaban J connectivity index is 0.000000109. The third-order valence-electron chi connectivity index (χ3n) is 27.4. The largest absolute Gasteiger partial charge is 0.382 e. The van der Waals surface area contributed by atoms with E-state index in [1.165, 1.54) is 90.8 Å². The summed E-state index contributed by atoms with van der Waals surface area (Å²) >= 11 is 35.2. The van der Waals surface area contributed by atoms with Crippen molar-refractivity contribution in [3.63, 3.8) is 0 Å². The van der Waals surface area contributed by atoms with E-state index in [0.29, 0.717) is 54.6 Å². The van der Waals surface area contributed by atoms with Gasteiger partial charge in [0, 0.05) is 187 Å². The molecule has 0 fully saturated rings. The minimum atomic E-state index is -0.234. The highest BCUT2D eigenvalue weighted by molar-refractivity contribution is 9.11. The summed E-state index contributed by atoms with van der Waals surface area (Å²) in [6, 6.07) is 78.6. The molecule has 6 unspecified atom stereocenters. The number of carbonyl (C=O) groups excluding carboxylic acids is 2. The Labute approximate surface area is 870 Å². The molecule has 2 amide bonds. The number of amides is 2. The summed E-state index contributed by atoms with van der Waals surface area (Å²) in [6.07, 6.45) is 5.22. The second kappa shape index (κ2) is 45.2. The van der Waals surface area contributed by atoms with Crippen molar-refractivity contribution in [2.24, 2.45) is 0 Å². The molecule has 0 saturated carbocycles. The summed E-state index contributed by atoms with van der Waals surface area (Å²) in [6.45, 7) is 10.8. The van der Waals surface area contributed by atoms with E-state index in [-0.39, 0.29) is 84.5 Å². The molecule has 6 aliphatic heterocycles. The fourth-order valence-corrected chi connectivity index (χ4v) is 22.5. The number of carbonyl (C=O) groups is 2. The van der Waals surface area contributed by atoms with Gasteiger partial charge in [0.25, 0.3) is 0 Å². The highest BCUT2D eigenvalue weighted by Gasteiger charge is 2.39. The van der Waals surface area contributed by atoms with Crippen LogP contribution in [0.15, 0.2) is 262 Å². The van der Waals surface area contributed by atoms with Crippen molar-refractivity contribution < 1.29 is 46.1 Å². The molecule has 6 atom stereocenters. The molecule has 12 heterocycles.